The van der Waals surface area contributed by atoms with Crippen molar-refractivity contribution in [3.8, 4) is 11.5 Å². The number of benzene rings is 4. The molecule has 0 radical (unpaired) electrons. The number of hydrogen-bond acceptors (Lipinski definition) is 2. The molecule has 2 N–H and O–H groups in total. The van der Waals surface area contributed by atoms with Gasteiger partial charge in [0.25, 0.3) is 0 Å². The molecule has 0 fully saturated rings. The van der Waals surface area contributed by atoms with Crippen LogP contribution in [0, 0.1) is 5.82 Å². The first kappa shape index (κ1) is 17.5. The van der Waals surface area contributed by atoms with Crippen molar-refractivity contribution >= 4 is 28.2 Å². The Labute approximate surface area is 161 Å². The summed E-state index contributed by atoms with van der Waals surface area (Å²) in [6.07, 6.45) is 0. The fourth-order valence-electron chi connectivity index (χ4n) is 2.87. The number of fused-ring (bicyclic) bond motifs is 1. The third-order valence-electron chi connectivity index (χ3n) is 4.18. The maximum Gasteiger partial charge on any atom is 0.323 e. The Kier molecular flexibility index (Phi) is 4.89. The molecule has 4 aromatic carbocycles. The molecule has 0 aromatic heterocycles. The van der Waals surface area contributed by atoms with Crippen LogP contribution in [0.15, 0.2) is 91.0 Å². The number of ether oxygens (including phenoxy) is 1. The molecule has 0 unspecified atom stereocenters. The maximum absolute atomic E-state index is 13.0. The minimum Gasteiger partial charge on any atom is -0.457 e. The van der Waals surface area contributed by atoms with E-state index < -0.39 is 6.03 Å². The standard InChI is InChI=1S/C23H17FN2O2/c24-17-10-12-18(13-11-17)25-23(27)26-22-8-4-5-16-9-14-20(15-21(16)22)28-19-6-2-1-3-7-19/h1-15H,(H2,25,26,27). The van der Waals surface area contributed by atoms with Crippen LogP contribution in [0.4, 0.5) is 20.6 Å². The van der Waals surface area contributed by atoms with Crippen molar-refractivity contribution in [1.82, 2.24) is 0 Å². The quantitative estimate of drug-likeness (QED) is 0.434. The lowest BCUT2D eigenvalue weighted by Crippen LogP contribution is -2.19. The number of halogens is 1. The zero-order chi connectivity index (χ0) is 19.3. The molecule has 0 atom stereocenters. The summed E-state index contributed by atoms with van der Waals surface area (Å²) < 4.78 is 18.9. The van der Waals surface area contributed by atoms with E-state index in [1.54, 1.807) is 0 Å². The minimum atomic E-state index is -0.409. The van der Waals surface area contributed by atoms with Crippen molar-refractivity contribution in [2.75, 3.05) is 10.6 Å². The van der Waals surface area contributed by atoms with Gasteiger partial charge in [-0.05, 0) is 60.0 Å². The van der Waals surface area contributed by atoms with Gasteiger partial charge in [-0.25, -0.2) is 9.18 Å². The van der Waals surface area contributed by atoms with E-state index in [2.05, 4.69) is 10.6 Å². The third kappa shape index (κ3) is 4.10. The predicted octanol–water partition coefficient (Wildman–Crippen LogP) is 6.42. The molecule has 0 saturated carbocycles. The van der Waals surface area contributed by atoms with Crippen LogP contribution in [-0.4, -0.2) is 6.03 Å². The van der Waals surface area contributed by atoms with Crippen LogP contribution in [0.2, 0.25) is 0 Å². The lowest BCUT2D eigenvalue weighted by Gasteiger charge is -2.12. The average Bonchev–Trinajstić information content (AvgIpc) is 2.71. The van der Waals surface area contributed by atoms with Gasteiger partial charge < -0.3 is 15.4 Å². The summed E-state index contributed by atoms with van der Waals surface area (Å²) in [4.78, 5) is 12.3. The van der Waals surface area contributed by atoms with Crippen LogP contribution in [0.1, 0.15) is 0 Å². The molecule has 4 rings (SSSR count). The smallest absolute Gasteiger partial charge is 0.323 e. The van der Waals surface area contributed by atoms with Gasteiger partial charge in [-0.1, -0.05) is 36.4 Å². The fraction of sp³-hybridized carbons (Fsp3) is 0. The molecule has 0 aliphatic carbocycles. The third-order valence-corrected chi connectivity index (χ3v) is 4.18. The van der Waals surface area contributed by atoms with Crippen molar-refractivity contribution in [3.05, 3.63) is 96.8 Å². The van der Waals surface area contributed by atoms with E-state index in [0.29, 0.717) is 17.1 Å². The molecule has 4 aromatic rings. The van der Waals surface area contributed by atoms with Crippen molar-refractivity contribution in [2.45, 2.75) is 0 Å². The van der Waals surface area contributed by atoms with Crippen molar-refractivity contribution < 1.29 is 13.9 Å². The van der Waals surface area contributed by atoms with Crippen LogP contribution in [-0.2, 0) is 0 Å². The Bertz CT molecular complexity index is 1110. The normalized spacial score (nSPS) is 10.5. The number of urea groups is 1. The van der Waals surface area contributed by atoms with E-state index in [1.165, 1.54) is 24.3 Å². The van der Waals surface area contributed by atoms with Crippen LogP contribution < -0.4 is 15.4 Å². The largest absolute Gasteiger partial charge is 0.457 e. The van der Waals surface area contributed by atoms with Gasteiger partial charge in [0.05, 0.1) is 5.69 Å². The lowest BCUT2D eigenvalue weighted by atomic mass is 10.1. The number of carbonyl (C=O) groups excluding carboxylic acids is 1. The Morgan fingerprint density at radius 3 is 2.32 bits per heavy atom. The molecule has 0 aliphatic heterocycles. The number of amides is 2. The van der Waals surface area contributed by atoms with Crippen LogP contribution in [0.3, 0.4) is 0 Å². The Hall–Kier alpha value is -3.86. The Morgan fingerprint density at radius 2 is 1.54 bits per heavy atom. The highest BCUT2D eigenvalue weighted by Gasteiger charge is 2.08. The number of hydrogen-bond donors (Lipinski definition) is 2. The number of anilines is 2. The monoisotopic (exact) mass is 372 g/mol. The van der Waals surface area contributed by atoms with Crippen LogP contribution in [0.25, 0.3) is 10.8 Å². The van der Waals surface area contributed by atoms with Crippen molar-refractivity contribution in [3.63, 3.8) is 0 Å². The fourth-order valence-corrected chi connectivity index (χ4v) is 2.87. The molecule has 0 aliphatic rings. The van der Waals surface area contributed by atoms with Gasteiger partial charge in [-0.2, -0.15) is 0 Å². The number of nitrogens with one attached hydrogen (secondary N) is 2. The summed E-state index contributed by atoms with van der Waals surface area (Å²) in [7, 11) is 0. The highest BCUT2D eigenvalue weighted by molar-refractivity contribution is 6.06. The van der Waals surface area contributed by atoms with Crippen LogP contribution in [0.5, 0.6) is 11.5 Å². The molecule has 138 valence electrons. The summed E-state index contributed by atoms with van der Waals surface area (Å²) >= 11 is 0. The first-order valence-electron chi connectivity index (χ1n) is 8.77. The summed E-state index contributed by atoms with van der Waals surface area (Å²) in [5.74, 6) is 1.05. The molecular formula is C23H17FN2O2. The van der Waals surface area contributed by atoms with Gasteiger partial charge in [0.15, 0.2) is 0 Å². The zero-order valence-electron chi connectivity index (χ0n) is 14.9. The molecule has 5 heteroatoms. The molecule has 2 amide bonds. The topological polar surface area (TPSA) is 50.4 Å². The van der Waals surface area contributed by atoms with Crippen LogP contribution >= 0.6 is 0 Å². The summed E-state index contributed by atoms with van der Waals surface area (Å²) in [6, 6.07) is 26.0. The molecule has 0 spiro atoms. The van der Waals surface area contributed by atoms with Gasteiger partial charge in [-0.15, -0.1) is 0 Å². The molecule has 0 bridgehead atoms. The van der Waals surface area contributed by atoms with Gasteiger partial charge >= 0.3 is 6.03 Å². The van der Waals surface area contributed by atoms with E-state index in [1.807, 2.05) is 66.7 Å². The van der Waals surface area contributed by atoms with E-state index in [9.17, 15) is 9.18 Å². The van der Waals surface area contributed by atoms with Gasteiger partial charge in [0.1, 0.15) is 17.3 Å². The predicted molar refractivity (Wildman–Crippen MR) is 110 cm³/mol. The lowest BCUT2D eigenvalue weighted by molar-refractivity contribution is 0.262. The average molecular weight is 372 g/mol. The van der Waals surface area contributed by atoms with Crippen molar-refractivity contribution in [2.24, 2.45) is 0 Å². The Morgan fingerprint density at radius 1 is 0.750 bits per heavy atom. The zero-order valence-corrected chi connectivity index (χ0v) is 14.9. The van der Waals surface area contributed by atoms with E-state index in [0.717, 1.165) is 16.5 Å². The van der Waals surface area contributed by atoms with Gasteiger partial charge in [0, 0.05) is 11.1 Å². The van der Waals surface area contributed by atoms with Gasteiger partial charge in [0.2, 0.25) is 0 Å². The van der Waals surface area contributed by atoms with E-state index >= 15 is 0 Å². The first-order chi connectivity index (χ1) is 13.7. The second-order valence-electron chi connectivity index (χ2n) is 6.19. The minimum absolute atomic E-state index is 0.356. The highest BCUT2D eigenvalue weighted by Crippen LogP contribution is 2.30. The highest BCUT2D eigenvalue weighted by atomic mass is 19.1. The van der Waals surface area contributed by atoms with Crippen molar-refractivity contribution in [1.29, 1.82) is 0 Å². The maximum atomic E-state index is 13.0. The number of carbonyl (C=O) groups is 1. The second kappa shape index (κ2) is 7.80. The second-order valence-corrected chi connectivity index (χ2v) is 6.19. The Balaban J connectivity index is 1.56. The van der Waals surface area contributed by atoms with E-state index in [-0.39, 0.29) is 5.82 Å². The molecule has 4 nitrogen and oxygen atoms in total. The first-order valence-corrected chi connectivity index (χ1v) is 8.77. The summed E-state index contributed by atoms with van der Waals surface area (Å²) in [5.41, 5.74) is 1.16. The molecule has 0 saturated heterocycles. The summed E-state index contributed by atoms with van der Waals surface area (Å²) in [5, 5.41) is 7.35. The summed E-state index contributed by atoms with van der Waals surface area (Å²) in [6.45, 7) is 0. The molecule has 28 heavy (non-hydrogen) atoms. The SMILES string of the molecule is O=C(Nc1ccc(F)cc1)Nc1cccc2ccc(Oc3ccccc3)cc12. The van der Waals surface area contributed by atoms with Gasteiger partial charge in [-0.3, -0.25) is 0 Å². The molecule has 0 heterocycles. The molecular weight excluding hydrogens is 355 g/mol. The number of rotatable bonds is 4. The van der Waals surface area contributed by atoms with E-state index in [4.69, 9.17) is 4.74 Å². The number of para-hydroxylation sites is 1.